The van der Waals surface area contributed by atoms with Crippen LogP contribution in [0.25, 0.3) is 17.4 Å². The van der Waals surface area contributed by atoms with Crippen LogP contribution in [-0.4, -0.2) is 34.0 Å². The van der Waals surface area contributed by atoms with Gasteiger partial charge in [-0.1, -0.05) is 12.1 Å². The van der Waals surface area contributed by atoms with Crippen molar-refractivity contribution in [2.45, 2.75) is 13.8 Å². The maximum atomic E-state index is 12.5. The van der Waals surface area contributed by atoms with E-state index < -0.39 is 4.92 Å². The number of thioether (sulfide) groups is 1. The van der Waals surface area contributed by atoms with E-state index in [1.165, 1.54) is 23.9 Å². The second-order valence-corrected chi connectivity index (χ2v) is 6.44. The number of hydrogen-bond donors (Lipinski definition) is 0. The van der Waals surface area contributed by atoms with Crippen LogP contribution in [0, 0.1) is 10.1 Å². The first kappa shape index (κ1) is 17.9. The summed E-state index contributed by atoms with van der Waals surface area (Å²) in [7, 11) is 0. The number of nitro benzene ring substituents is 1. The third kappa shape index (κ3) is 3.55. The Hall–Kier alpha value is -2.87. The fourth-order valence-corrected chi connectivity index (χ4v) is 3.61. The SMILES string of the molecule is CCN=C1S/C(=C/c2ccc(-c3cccc([N+](=O)[O-])c3)o2)C(=O)N1CC. The lowest BCUT2D eigenvalue weighted by Crippen LogP contribution is -2.28. The number of nitro groups is 1. The van der Waals surface area contributed by atoms with Crippen LogP contribution in [0.3, 0.4) is 0 Å². The largest absolute Gasteiger partial charge is 0.457 e. The Bertz CT molecular complexity index is 917. The average Bonchev–Trinajstić information content (AvgIpc) is 3.21. The molecular formula is C18H17N3O4S. The normalized spacial score (nSPS) is 17.5. The first-order chi connectivity index (χ1) is 12.5. The maximum Gasteiger partial charge on any atom is 0.270 e. The summed E-state index contributed by atoms with van der Waals surface area (Å²) in [5.41, 5.74) is 0.608. The van der Waals surface area contributed by atoms with Crippen LogP contribution in [0.2, 0.25) is 0 Å². The molecule has 7 nitrogen and oxygen atoms in total. The second-order valence-electron chi connectivity index (χ2n) is 5.43. The monoisotopic (exact) mass is 371 g/mol. The topological polar surface area (TPSA) is 89.0 Å². The summed E-state index contributed by atoms with van der Waals surface area (Å²) in [5.74, 6) is 0.917. The highest BCUT2D eigenvalue weighted by Crippen LogP contribution is 2.33. The smallest absolute Gasteiger partial charge is 0.270 e. The zero-order valence-electron chi connectivity index (χ0n) is 14.3. The third-order valence-electron chi connectivity index (χ3n) is 3.74. The van der Waals surface area contributed by atoms with Crippen molar-refractivity contribution in [1.29, 1.82) is 0 Å². The Morgan fingerprint density at radius 3 is 2.81 bits per heavy atom. The molecule has 0 N–H and O–H groups in total. The summed E-state index contributed by atoms with van der Waals surface area (Å²) in [6.07, 6.45) is 1.68. The van der Waals surface area contributed by atoms with Gasteiger partial charge in [-0.2, -0.15) is 0 Å². The number of rotatable bonds is 5. The molecule has 0 bridgehead atoms. The van der Waals surface area contributed by atoms with Crippen LogP contribution in [0.1, 0.15) is 19.6 Å². The van der Waals surface area contributed by atoms with Crippen molar-refractivity contribution in [2.24, 2.45) is 4.99 Å². The van der Waals surface area contributed by atoms with E-state index in [1.807, 2.05) is 13.8 Å². The van der Waals surface area contributed by atoms with E-state index in [-0.39, 0.29) is 11.6 Å². The van der Waals surface area contributed by atoms with Crippen molar-refractivity contribution in [3.63, 3.8) is 0 Å². The van der Waals surface area contributed by atoms with Gasteiger partial charge >= 0.3 is 0 Å². The van der Waals surface area contributed by atoms with Crippen molar-refractivity contribution < 1.29 is 14.1 Å². The van der Waals surface area contributed by atoms with Crippen LogP contribution in [0.15, 0.2) is 50.7 Å². The lowest BCUT2D eigenvalue weighted by atomic mass is 10.1. The Labute approximate surface area is 154 Å². The Morgan fingerprint density at radius 1 is 1.31 bits per heavy atom. The highest BCUT2D eigenvalue weighted by molar-refractivity contribution is 8.18. The number of benzene rings is 1. The lowest BCUT2D eigenvalue weighted by molar-refractivity contribution is -0.384. The van der Waals surface area contributed by atoms with Gasteiger partial charge in [0.2, 0.25) is 0 Å². The van der Waals surface area contributed by atoms with Gasteiger partial charge in [0.1, 0.15) is 11.5 Å². The van der Waals surface area contributed by atoms with Gasteiger partial charge in [0.15, 0.2) is 5.17 Å². The Kier molecular flexibility index (Phi) is 5.22. The molecule has 1 saturated heterocycles. The number of likely N-dealkylation sites (N-methyl/N-ethyl adjacent to an activating group) is 1. The number of furan rings is 1. The van der Waals surface area contributed by atoms with Gasteiger partial charge in [0.25, 0.3) is 11.6 Å². The molecule has 134 valence electrons. The Morgan fingerprint density at radius 2 is 2.12 bits per heavy atom. The molecule has 1 aliphatic heterocycles. The first-order valence-corrected chi connectivity index (χ1v) is 8.95. The third-order valence-corrected chi connectivity index (χ3v) is 4.78. The summed E-state index contributed by atoms with van der Waals surface area (Å²) in [4.78, 5) is 29.4. The predicted octanol–water partition coefficient (Wildman–Crippen LogP) is 4.17. The van der Waals surface area contributed by atoms with E-state index in [1.54, 1.807) is 35.2 Å². The minimum absolute atomic E-state index is 0.000613. The molecule has 0 radical (unpaired) electrons. The maximum absolute atomic E-state index is 12.5. The fraction of sp³-hybridized carbons (Fsp3) is 0.222. The number of hydrogen-bond acceptors (Lipinski definition) is 6. The number of amides is 1. The molecule has 2 heterocycles. The van der Waals surface area contributed by atoms with Crippen molar-refractivity contribution in [3.05, 3.63) is 57.2 Å². The summed E-state index contributed by atoms with van der Waals surface area (Å²) in [5, 5.41) is 11.6. The summed E-state index contributed by atoms with van der Waals surface area (Å²) in [6.45, 7) is 4.99. The summed E-state index contributed by atoms with van der Waals surface area (Å²) < 4.78 is 5.76. The van der Waals surface area contributed by atoms with E-state index in [4.69, 9.17) is 4.42 Å². The van der Waals surface area contributed by atoms with Crippen LogP contribution in [0.4, 0.5) is 5.69 Å². The minimum Gasteiger partial charge on any atom is -0.457 e. The molecule has 1 amide bonds. The quantitative estimate of drug-likeness (QED) is 0.447. The molecule has 26 heavy (non-hydrogen) atoms. The van der Waals surface area contributed by atoms with E-state index >= 15 is 0 Å². The van der Waals surface area contributed by atoms with Gasteiger partial charge < -0.3 is 4.42 Å². The highest BCUT2D eigenvalue weighted by Gasteiger charge is 2.32. The van der Waals surface area contributed by atoms with Crippen LogP contribution >= 0.6 is 11.8 Å². The number of non-ortho nitro benzene ring substituents is 1. The van der Waals surface area contributed by atoms with E-state index in [9.17, 15) is 14.9 Å². The van der Waals surface area contributed by atoms with E-state index in [0.29, 0.717) is 40.2 Å². The van der Waals surface area contributed by atoms with Gasteiger partial charge in [-0.25, -0.2) is 0 Å². The molecular weight excluding hydrogens is 354 g/mol. The lowest BCUT2D eigenvalue weighted by Gasteiger charge is -2.11. The van der Waals surface area contributed by atoms with Crippen molar-refractivity contribution in [2.75, 3.05) is 13.1 Å². The molecule has 0 spiro atoms. The van der Waals surface area contributed by atoms with E-state index in [2.05, 4.69) is 4.99 Å². The van der Waals surface area contributed by atoms with Gasteiger partial charge in [-0.05, 0) is 37.7 Å². The zero-order chi connectivity index (χ0) is 18.7. The summed E-state index contributed by atoms with van der Waals surface area (Å²) in [6, 6.07) is 9.70. The molecule has 1 aromatic heterocycles. The first-order valence-electron chi connectivity index (χ1n) is 8.14. The number of nitrogens with zero attached hydrogens (tertiary/aromatic N) is 3. The van der Waals surface area contributed by atoms with E-state index in [0.717, 1.165) is 0 Å². The van der Waals surface area contributed by atoms with Gasteiger partial charge in [-0.15, -0.1) is 0 Å². The molecule has 1 aromatic carbocycles. The molecule has 0 saturated carbocycles. The van der Waals surface area contributed by atoms with Crippen LogP contribution < -0.4 is 0 Å². The van der Waals surface area contributed by atoms with Crippen molar-refractivity contribution in [3.8, 4) is 11.3 Å². The molecule has 0 atom stereocenters. The van der Waals surface area contributed by atoms with Crippen LogP contribution in [0.5, 0.6) is 0 Å². The fourth-order valence-electron chi connectivity index (χ4n) is 2.53. The average molecular weight is 371 g/mol. The Balaban J connectivity index is 1.88. The van der Waals surface area contributed by atoms with Gasteiger partial charge in [0.05, 0.1) is 9.83 Å². The molecule has 0 unspecified atom stereocenters. The number of carbonyl (C=O) groups is 1. The molecule has 1 aliphatic rings. The predicted molar refractivity (Wildman–Crippen MR) is 102 cm³/mol. The minimum atomic E-state index is -0.447. The molecule has 8 heteroatoms. The molecule has 2 aromatic rings. The van der Waals surface area contributed by atoms with Gasteiger partial charge in [-0.3, -0.25) is 24.8 Å². The molecule has 0 aliphatic carbocycles. The zero-order valence-corrected chi connectivity index (χ0v) is 15.2. The van der Waals surface area contributed by atoms with Gasteiger partial charge in [0, 0.05) is 36.9 Å². The number of carbonyl (C=O) groups excluding carboxylic acids is 1. The number of aliphatic imine (C=N–C) groups is 1. The molecule has 1 fully saturated rings. The standard InChI is InChI=1S/C18H17N3O4S/c1-3-19-18-20(4-2)17(22)16(26-18)11-14-8-9-15(25-14)12-6-5-7-13(10-12)21(23)24/h5-11H,3-4H2,1-2H3/b16-11+,19-18?. The molecule has 3 rings (SSSR count). The van der Waals surface area contributed by atoms with Crippen LogP contribution in [-0.2, 0) is 4.79 Å². The number of amidine groups is 1. The second kappa shape index (κ2) is 7.57. The summed E-state index contributed by atoms with van der Waals surface area (Å²) >= 11 is 1.32. The van der Waals surface area contributed by atoms with Crippen molar-refractivity contribution >= 4 is 34.6 Å². The van der Waals surface area contributed by atoms with Crippen molar-refractivity contribution in [1.82, 2.24) is 4.90 Å². The highest BCUT2D eigenvalue weighted by atomic mass is 32.2.